The molecule has 0 aromatic rings. The molecule has 0 radical (unpaired) electrons. The molecule has 0 atom stereocenters. The highest BCUT2D eigenvalue weighted by Crippen LogP contribution is 2.01. The standard InChI is InChI=1S/BrCl2HSi/c1-4(2)3/h4H. The number of halogens is 3. The van der Waals surface area contributed by atoms with Crippen LogP contribution in [0, 0.1) is 0 Å². The van der Waals surface area contributed by atoms with Gasteiger partial charge < -0.3 is 0 Å². The Bertz CT molecular complexity index is 10.8. The van der Waals surface area contributed by atoms with Gasteiger partial charge in [0.05, 0.1) is 0 Å². The van der Waals surface area contributed by atoms with Gasteiger partial charge in [-0.05, 0) is 0 Å². The van der Waals surface area contributed by atoms with E-state index in [1.54, 1.807) is 0 Å². The van der Waals surface area contributed by atoms with Gasteiger partial charge in [-0.15, -0.1) is 22.2 Å². The highest BCUT2D eigenvalue weighted by atomic mass is 79.9. The van der Waals surface area contributed by atoms with E-state index in [0.717, 1.165) is 0 Å². The Morgan fingerprint density at radius 3 is 1.50 bits per heavy atom. The summed E-state index contributed by atoms with van der Waals surface area (Å²) in [5, 5.41) is 0. The number of hydrogen-bond acceptors (Lipinski definition) is 0. The van der Waals surface area contributed by atoms with Crippen LogP contribution >= 0.6 is 37.5 Å². The molecule has 0 spiro atoms. The van der Waals surface area contributed by atoms with Gasteiger partial charge in [0, 0.05) is 0 Å². The SMILES string of the molecule is Cl[SiH](Cl)Br. The summed E-state index contributed by atoms with van der Waals surface area (Å²) in [7, 11) is 0. The van der Waals surface area contributed by atoms with Crippen molar-refractivity contribution in [2.24, 2.45) is 0 Å². The van der Waals surface area contributed by atoms with E-state index in [1.807, 2.05) is 0 Å². The van der Waals surface area contributed by atoms with Crippen molar-refractivity contribution in [3.05, 3.63) is 0 Å². The van der Waals surface area contributed by atoms with Crippen LogP contribution in [0.15, 0.2) is 0 Å². The molecule has 0 aliphatic heterocycles. The predicted octanol–water partition coefficient (Wildman–Crippen LogP) is 1.58. The summed E-state index contributed by atoms with van der Waals surface area (Å²) < 4.78 is 0. The van der Waals surface area contributed by atoms with Gasteiger partial charge in [-0.1, -0.05) is 15.3 Å². The van der Waals surface area contributed by atoms with E-state index < -0.39 is 6.04 Å². The lowest BCUT2D eigenvalue weighted by Gasteiger charge is -1.65. The van der Waals surface area contributed by atoms with Crippen molar-refractivity contribution < 1.29 is 0 Å². The molecule has 0 aliphatic rings. The Morgan fingerprint density at radius 1 is 1.50 bits per heavy atom. The van der Waals surface area contributed by atoms with E-state index in [9.17, 15) is 0 Å². The zero-order valence-electron chi connectivity index (χ0n) is 1.71. The molecule has 0 amide bonds. The minimum Gasteiger partial charge on any atom is -0.135 e. The maximum absolute atomic E-state index is 5.10. The van der Waals surface area contributed by atoms with Crippen molar-refractivity contribution in [1.82, 2.24) is 0 Å². The van der Waals surface area contributed by atoms with Crippen LogP contribution in [-0.2, 0) is 0 Å². The Labute approximate surface area is 43.7 Å². The smallest absolute Gasteiger partial charge is 0.135 e. The van der Waals surface area contributed by atoms with Gasteiger partial charge in [-0.3, -0.25) is 0 Å². The highest BCUT2D eigenvalue weighted by molar-refractivity contribution is 9.27. The van der Waals surface area contributed by atoms with Gasteiger partial charge in [-0.25, -0.2) is 0 Å². The molecule has 0 aromatic heterocycles. The monoisotopic (exact) mass is 178 g/mol. The van der Waals surface area contributed by atoms with Crippen molar-refractivity contribution in [2.45, 2.75) is 0 Å². The van der Waals surface area contributed by atoms with Crippen LogP contribution in [0.3, 0.4) is 0 Å². The van der Waals surface area contributed by atoms with Crippen LogP contribution in [0.4, 0.5) is 0 Å². The molecule has 0 nitrogen and oxygen atoms in total. The van der Waals surface area contributed by atoms with Crippen LogP contribution in [0.25, 0.3) is 0 Å². The molecule has 0 bridgehead atoms. The molecule has 4 heteroatoms. The fourth-order valence-electron chi connectivity index (χ4n) is 0. The molecular formula is HBrCl2Si. The molecule has 0 N–H and O–H groups in total. The summed E-state index contributed by atoms with van der Waals surface area (Å²) >= 11 is 13.1. The Balaban J connectivity index is 2.32. The third kappa shape index (κ3) is 10.4. The first kappa shape index (κ1) is 5.28. The lowest BCUT2D eigenvalue weighted by Crippen LogP contribution is -1.64. The van der Waals surface area contributed by atoms with Crippen LogP contribution < -0.4 is 0 Å². The molecule has 0 heterocycles. The molecular weight excluding hydrogens is 179 g/mol. The first-order valence-corrected chi connectivity index (χ1v) is 7.33. The third-order valence-corrected chi connectivity index (χ3v) is 0. The molecule has 26 valence electrons. The highest BCUT2D eigenvalue weighted by Gasteiger charge is 1.84. The van der Waals surface area contributed by atoms with Crippen molar-refractivity contribution in [1.29, 1.82) is 0 Å². The van der Waals surface area contributed by atoms with Crippen LogP contribution in [-0.4, -0.2) is 6.04 Å². The molecule has 0 saturated heterocycles. The summed E-state index contributed by atoms with van der Waals surface area (Å²) in [5.41, 5.74) is 0. The largest absolute Gasteiger partial charge is 0.302 e. The summed E-state index contributed by atoms with van der Waals surface area (Å²) in [6.07, 6.45) is 0. The average molecular weight is 180 g/mol. The molecule has 0 rings (SSSR count). The minimum atomic E-state index is -1.38. The Kier molecular flexibility index (Phi) is 3.31. The molecule has 0 unspecified atom stereocenters. The first-order valence-electron chi connectivity index (χ1n) is 0.655. The molecule has 0 saturated carbocycles. The van der Waals surface area contributed by atoms with Gasteiger partial charge in [0.15, 0.2) is 0 Å². The fourth-order valence-corrected chi connectivity index (χ4v) is 0. The van der Waals surface area contributed by atoms with Gasteiger partial charge in [0.1, 0.15) is 0 Å². The van der Waals surface area contributed by atoms with Gasteiger partial charge in [0.2, 0.25) is 0 Å². The number of rotatable bonds is 0. The maximum atomic E-state index is 5.10. The van der Waals surface area contributed by atoms with E-state index in [0.29, 0.717) is 0 Å². The van der Waals surface area contributed by atoms with Crippen molar-refractivity contribution in [2.75, 3.05) is 0 Å². The summed E-state index contributed by atoms with van der Waals surface area (Å²) in [6, 6.07) is -1.38. The summed E-state index contributed by atoms with van der Waals surface area (Å²) in [6.45, 7) is 0. The van der Waals surface area contributed by atoms with Crippen molar-refractivity contribution >= 4 is 43.5 Å². The zero-order valence-corrected chi connectivity index (χ0v) is 5.96. The van der Waals surface area contributed by atoms with Crippen LogP contribution in [0.5, 0.6) is 0 Å². The van der Waals surface area contributed by atoms with Crippen molar-refractivity contribution in [3.8, 4) is 0 Å². The van der Waals surface area contributed by atoms with Gasteiger partial charge in [0.25, 0.3) is 0 Å². The topological polar surface area (TPSA) is 0 Å². The molecule has 0 aliphatic carbocycles. The second-order valence-corrected chi connectivity index (χ2v) is 9.94. The van der Waals surface area contributed by atoms with Crippen molar-refractivity contribution in [3.63, 3.8) is 0 Å². The van der Waals surface area contributed by atoms with E-state index in [-0.39, 0.29) is 0 Å². The van der Waals surface area contributed by atoms with E-state index in [2.05, 4.69) is 15.3 Å². The fraction of sp³-hybridized carbons (Fsp3) is 0. The molecule has 0 fully saturated rings. The Morgan fingerprint density at radius 2 is 1.50 bits per heavy atom. The second-order valence-electron chi connectivity index (χ2n) is 0.247. The van der Waals surface area contributed by atoms with Crippen LogP contribution in [0.2, 0.25) is 0 Å². The zero-order chi connectivity index (χ0) is 3.58. The minimum absolute atomic E-state index is 1.38. The van der Waals surface area contributed by atoms with E-state index >= 15 is 0 Å². The van der Waals surface area contributed by atoms with Gasteiger partial charge >= 0.3 is 6.04 Å². The van der Waals surface area contributed by atoms with E-state index in [1.165, 1.54) is 0 Å². The lowest BCUT2D eigenvalue weighted by molar-refractivity contribution is 4.27. The van der Waals surface area contributed by atoms with Gasteiger partial charge in [-0.2, -0.15) is 0 Å². The van der Waals surface area contributed by atoms with E-state index in [4.69, 9.17) is 22.2 Å². The maximum Gasteiger partial charge on any atom is 0.302 e. The average Bonchev–Trinajstić information content (AvgIpc) is 0.811. The molecule has 4 heavy (non-hydrogen) atoms. The normalized spacial score (nSPS) is 9.00. The molecule has 0 aromatic carbocycles. The quantitative estimate of drug-likeness (QED) is 0.392. The Hall–Kier alpha value is 1.28. The number of hydrogen-bond donors (Lipinski definition) is 0. The summed E-state index contributed by atoms with van der Waals surface area (Å²) in [5.74, 6) is 0. The third-order valence-electron chi connectivity index (χ3n) is 0. The summed E-state index contributed by atoms with van der Waals surface area (Å²) in [4.78, 5) is 0. The first-order chi connectivity index (χ1) is 1.73. The second kappa shape index (κ2) is 2.51. The predicted molar refractivity (Wildman–Crippen MR) is 27.8 cm³/mol. The lowest BCUT2D eigenvalue weighted by atomic mass is 27.8. The van der Waals surface area contributed by atoms with Crippen LogP contribution in [0.1, 0.15) is 0 Å².